The van der Waals surface area contributed by atoms with Crippen molar-refractivity contribution in [3.63, 3.8) is 0 Å². The second-order valence-corrected chi connectivity index (χ2v) is 6.08. The number of nitrogens with zero attached hydrogens (tertiary/aromatic N) is 1. The Bertz CT molecular complexity index is 96.5. The van der Waals surface area contributed by atoms with Crippen molar-refractivity contribution in [2.24, 2.45) is 0 Å². The zero-order chi connectivity index (χ0) is 9.40. The fourth-order valence-corrected chi connectivity index (χ4v) is 3.24. The summed E-state index contributed by atoms with van der Waals surface area (Å²) < 4.78 is 0. The summed E-state index contributed by atoms with van der Waals surface area (Å²) in [4.78, 5) is 2.26. The topological polar surface area (TPSA) is 3.24 Å². The first-order valence-electron chi connectivity index (χ1n) is 4.63. The summed E-state index contributed by atoms with van der Waals surface area (Å²) in [6, 6.07) is 0. The molecule has 0 aromatic carbocycles. The molecule has 1 nitrogen and oxygen atoms in total. The summed E-state index contributed by atoms with van der Waals surface area (Å²) in [6.07, 6.45) is 2.62. The highest BCUT2D eigenvalue weighted by molar-refractivity contribution is 8.76. The van der Waals surface area contributed by atoms with Gasteiger partial charge in [-0.15, -0.1) is 0 Å². The molecule has 0 aliphatic rings. The van der Waals surface area contributed by atoms with E-state index >= 15 is 0 Å². The van der Waals surface area contributed by atoms with Crippen molar-refractivity contribution in [3.05, 3.63) is 0 Å². The van der Waals surface area contributed by atoms with Gasteiger partial charge in [0.05, 0.1) is 0 Å². The van der Waals surface area contributed by atoms with Gasteiger partial charge < -0.3 is 4.90 Å². The van der Waals surface area contributed by atoms with E-state index in [1.807, 2.05) is 10.8 Å². The van der Waals surface area contributed by atoms with Crippen molar-refractivity contribution in [2.75, 3.05) is 26.4 Å². The third-order valence-electron chi connectivity index (χ3n) is 1.68. The minimum absolute atomic E-state index is 0.845. The summed E-state index contributed by atoms with van der Waals surface area (Å²) in [5, 5.41) is 0.845. The average molecular weight is 207 g/mol. The molecule has 12 heavy (non-hydrogen) atoms. The molecule has 0 N–H and O–H groups in total. The molecule has 0 aliphatic carbocycles. The van der Waals surface area contributed by atoms with Crippen molar-refractivity contribution >= 4 is 21.6 Å². The van der Waals surface area contributed by atoms with Gasteiger partial charge in [0.15, 0.2) is 0 Å². The molecule has 0 saturated carbocycles. The fourth-order valence-electron chi connectivity index (χ4n) is 0.887. The molecule has 0 saturated heterocycles. The van der Waals surface area contributed by atoms with Gasteiger partial charge in [-0.1, -0.05) is 35.4 Å². The van der Waals surface area contributed by atoms with Crippen LogP contribution in [0.3, 0.4) is 0 Å². The van der Waals surface area contributed by atoms with Gasteiger partial charge >= 0.3 is 0 Å². The van der Waals surface area contributed by atoms with E-state index in [2.05, 4.69) is 43.6 Å². The van der Waals surface area contributed by atoms with Crippen LogP contribution in [0.25, 0.3) is 0 Å². The number of rotatable bonds is 7. The Morgan fingerprint density at radius 3 is 2.33 bits per heavy atom. The maximum absolute atomic E-state index is 2.28. The van der Waals surface area contributed by atoms with Gasteiger partial charge in [0, 0.05) is 11.0 Å². The summed E-state index contributed by atoms with van der Waals surface area (Å²) in [6.45, 7) is 5.72. The van der Waals surface area contributed by atoms with Crippen LogP contribution in [0.4, 0.5) is 0 Å². The lowest BCUT2D eigenvalue weighted by molar-refractivity contribution is 0.396. The van der Waals surface area contributed by atoms with Crippen LogP contribution in [0.1, 0.15) is 26.7 Å². The van der Waals surface area contributed by atoms with Gasteiger partial charge in [-0.2, -0.15) is 0 Å². The molecule has 0 heterocycles. The van der Waals surface area contributed by atoms with Crippen LogP contribution in [-0.2, 0) is 0 Å². The lowest BCUT2D eigenvalue weighted by Gasteiger charge is -2.16. The monoisotopic (exact) mass is 207 g/mol. The first kappa shape index (κ1) is 12.7. The molecule has 74 valence electrons. The van der Waals surface area contributed by atoms with E-state index in [0.717, 1.165) is 5.25 Å². The Morgan fingerprint density at radius 1 is 1.25 bits per heavy atom. The molecular formula is C9H21NS2. The second-order valence-electron chi connectivity index (χ2n) is 3.12. The average Bonchev–Trinajstić information content (AvgIpc) is 2.05. The number of hydrogen-bond donors (Lipinski definition) is 0. The van der Waals surface area contributed by atoms with Gasteiger partial charge in [0.2, 0.25) is 0 Å². The molecule has 1 unspecified atom stereocenters. The van der Waals surface area contributed by atoms with E-state index in [-0.39, 0.29) is 0 Å². The van der Waals surface area contributed by atoms with Gasteiger partial charge in [-0.25, -0.2) is 0 Å². The third kappa shape index (κ3) is 7.32. The Balaban J connectivity index is 3.39. The summed E-state index contributed by atoms with van der Waals surface area (Å²) >= 11 is 0. The van der Waals surface area contributed by atoms with Crippen molar-refractivity contribution in [1.29, 1.82) is 0 Å². The van der Waals surface area contributed by atoms with Gasteiger partial charge in [-0.05, 0) is 33.5 Å². The SMILES string of the molecule is CCSSC(CC)CCN(C)C. The molecule has 0 aromatic heterocycles. The fraction of sp³-hybridized carbons (Fsp3) is 1.00. The molecule has 0 radical (unpaired) electrons. The third-order valence-corrected chi connectivity index (χ3v) is 4.82. The van der Waals surface area contributed by atoms with Crippen molar-refractivity contribution in [2.45, 2.75) is 31.9 Å². The normalized spacial score (nSPS) is 13.8. The Labute approximate surface area is 85.1 Å². The van der Waals surface area contributed by atoms with E-state index in [1.165, 1.54) is 25.1 Å². The van der Waals surface area contributed by atoms with E-state index in [0.29, 0.717) is 0 Å². The second kappa shape index (κ2) is 8.27. The molecule has 0 aromatic rings. The van der Waals surface area contributed by atoms with Crippen LogP contribution in [0.15, 0.2) is 0 Å². The first-order chi connectivity index (χ1) is 5.70. The van der Waals surface area contributed by atoms with E-state index < -0.39 is 0 Å². The minimum Gasteiger partial charge on any atom is -0.309 e. The van der Waals surface area contributed by atoms with Gasteiger partial charge in [-0.3, -0.25) is 0 Å². The molecule has 0 aliphatic heterocycles. The predicted molar refractivity (Wildman–Crippen MR) is 63.0 cm³/mol. The Kier molecular flexibility index (Phi) is 8.72. The maximum Gasteiger partial charge on any atom is 0.0161 e. The highest BCUT2D eigenvalue weighted by atomic mass is 33.1. The summed E-state index contributed by atoms with van der Waals surface area (Å²) in [7, 11) is 8.33. The van der Waals surface area contributed by atoms with Crippen molar-refractivity contribution < 1.29 is 0 Å². The molecule has 0 rings (SSSR count). The van der Waals surface area contributed by atoms with Crippen molar-refractivity contribution in [3.8, 4) is 0 Å². The van der Waals surface area contributed by atoms with E-state index in [1.54, 1.807) is 0 Å². The highest BCUT2D eigenvalue weighted by Crippen LogP contribution is 2.30. The quantitative estimate of drug-likeness (QED) is 0.591. The lowest BCUT2D eigenvalue weighted by atomic mass is 10.2. The zero-order valence-electron chi connectivity index (χ0n) is 8.67. The molecule has 3 heteroatoms. The Hall–Kier alpha value is 0.660. The summed E-state index contributed by atoms with van der Waals surface area (Å²) in [5.41, 5.74) is 0. The van der Waals surface area contributed by atoms with Crippen LogP contribution in [0.5, 0.6) is 0 Å². The van der Waals surface area contributed by atoms with Crippen LogP contribution >= 0.6 is 21.6 Å². The van der Waals surface area contributed by atoms with Crippen LogP contribution in [0, 0.1) is 0 Å². The van der Waals surface area contributed by atoms with E-state index in [9.17, 15) is 0 Å². The van der Waals surface area contributed by atoms with Crippen LogP contribution in [-0.4, -0.2) is 36.5 Å². The standard InChI is InChI=1S/C9H21NS2/c1-5-9(12-11-6-2)7-8-10(3)4/h9H,5-8H2,1-4H3. The first-order valence-corrected chi connectivity index (χ1v) is 7.01. The van der Waals surface area contributed by atoms with Crippen molar-refractivity contribution in [1.82, 2.24) is 4.90 Å². The van der Waals surface area contributed by atoms with E-state index in [4.69, 9.17) is 0 Å². The van der Waals surface area contributed by atoms with Crippen LogP contribution in [0.2, 0.25) is 0 Å². The number of hydrogen-bond acceptors (Lipinski definition) is 3. The van der Waals surface area contributed by atoms with Gasteiger partial charge in [0.25, 0.3) is 0 Å². The summed E-state index contributed by atoms with van der Waals surface area (Å²) in [5.74, 6) is 1.23. The lowest BCUT2D eigenvalue weighted by Crippen LogP contribution is -2.17. The van der Waals surface area contributed by atoms with Crippen LogP contribution < -0.4 is 0 Å². The largest absolute Gasteiger partial charge is 0.309 e. The molecule has 0 bridgehead atoms. The highest BCUT2D eigenvalue weighted by Gasteiger charge is 2.06. The molecule has 1 atom stereocenters. The Morgan fingerprint density at radius 2 is 1.92 bits per heavy atom. The molecular weight excluding hydrogens is 186 g/mol. The molecule has 0 spiro atoms. The molecule has 0 amide bonds. The van der Waals surface area contributed by atoms with Gasteiger partial charge in [0.1, 0.15) is 0 Å². The maximum atomic E-state index is 2.28. The minimum atomic E-state index is 0.845. The molecule has 0 fully saturated rings. The predicted octanol–water partition coefficient (Wildman–Crippen LogP) is 3.12. The smallest absolute Gasteiger partial charge is 0.0161 e. The zero-order valence-corrected chi connectivity index (χ0v) is 10.3.